The van der Waals surface area contributed by atoms with Gasteiger partial charge in [-0.05, 0) is 43.9 Å². The van der Waals surface area contributed by atoms with Crippen LogP contribution in [-0.2, 0) is 35.0 Å². The fraction of sp³-hybridized carbons (Fsp3) is 0.360. The summed E-state index contributed by atoms with van der Waals surface area (Å²) in [6.07, 6.45) is 1.07. The Labute approximate surface area is 220 Å². The number of hydrogen-bond acceptors (Lipinski definition) is 8. The maximum absolute atomic E-state index is 15.3. The van der Waals surface area contributed by atoms with E-state index in [9.17, 15) is 23.6 Å². The largest absolute Gasteiger partial charge is 0.469 e. The van der Waals surface area contributed by atoms with Crippen LogP contribution < -0.4 is 4.90 Å². The minimum atomic E-state index is -1.06. The van der Waals surface area contributed by atoms with E-state index in [1.807, 2.05) is 0 Å². The number of hydrogen-bond donors (Lipinski definition) is 0. The zero-order chi connectivity index (χ0) is 27.1. The number of anilines is 1. The zero-order valence-electron chi connectivity index (χ0n) is 20.1. The summed E-state index contributed by atoms with van der Waals surface area (Å²) < 4.78 is 43.8. The number of halogens is 3. The van der Waals surface area contributed by atoms with Crippen molar-refractivity contribution in [3.8, 4) is 0 Å². The highest BCUT2D eigenvalue weighted by Gasteiger charge is 2.37. The SMILES string of the molecule is COCCOC(=O)C1=C(C(=O)N(C(=O)c2cccc(F)c2)c2c(F)sc(CC(=O)OC)c2Cl)CCCC1. The summed E-state index contributed by atoms with van der Waals surface area (Å²) in [7, 11) is 2.58. The number of thiophene rings is 1. The summed E-state index contributed by atoms with van der Waals surface area (Å²) in [5.41, 5.74) is -0.805. The molecule has 2 amide bonds. The smallest absolute Gasteiger partial charge is 0.334 e. The van der Waals surface area contributed by atoms with Crippen LogP contribution in [0.1, 0.15) is 40.9 Å². The fourth-order valence-electron chi connectivity index (χ4n) is 3.77. The maximum atomic E-state index is 15.3. The average Bonchev–Trinajstić information content (AvgIpc) is 3.16. The second-order valence-electron chi connectivity index (χ2n) is 7.96. The van der Waals surface area contributed by atoms with Gasteiger partial charge in [0.2, 0.25) is 5.13 Å². The van der Waals surface area contributed by atoms with Gasteiger partial charge >= 0.3 is 11.9 Å². The van der Waals surface area contributed by atoms with E-state index in [4.69, 9.17) is 21.1 Å². The van der Waals surface area contributed by atoms with E-state index in [-0.39, 0.29) is 52.7 Å². The van der Waals surface area contributed by atoms with Crippen LogP contribution in [0.3, 0.4) is 0 Å². The van der Waals surface area contributed by atoms with Gasteiger partial charge in [0.25, 0.3) is 11.8 Å². The van der Waals surface area contributed by atoms with Crippen molar-refractivity contribution in [3.63, 3.8) is 0 Å². The number of methoxy groups -OCH3 is 2. The van der Waals surface area contributed by atoms with Crippen LogP contribution in [0.5, 0.6) is 0 Å². The van der Waals surface area contributed by atoms with Crippen molar-refractivity contribution >= 4 is 52.4 Å². The lowest BCUT2D eigenvalue weighted by Crippen LogP contribution is -2.40. The molecule has 0 aliphatic heterocycles. The molecule has 0 spiro atoms. The van der Waals surface area contributed by atoms with Gasteiger partial charge in [0.05, 0.1) is 25.2 Å². The number of esters is 2. The Balaban J connectivity index is 2.13. The summed E-state index contributed by atoms with van der Waals surface area (Å²) in [5, 5.41) is -1.35. The molecule has 1 aromatic heterocycles. The first kappa shape index (κ1) is 28.4. The summed E-state index contributed by atoms with van der Waals surface area (Å²) in [5.74, 6) is -4.25. The molecule has 2 aromatic rings. The first-order valence-electron chi connectivity index (χ1n) is 11.3. The van der Waals surface area contributed by atoms with Gasteiger partial charge in [0.15, 0.2) is 0 Å². The lowest BCUT2D eigenvalue weighted by atomic mass is 9.90. The van der Waals surface area contributed by atoms with Crippen molar-refractivity contribution in [1.29, 1.82) is 0 Å². The summed E-state index contributed by atoms with van der Waals surface area (Å²) >= 11 is 6.85. The van der Waals surface area contributed by atoms with E-state index in [1.165, 1.54) is 19.2 Å². The average molecular weight is 556 g/mol. The molecule has 0 fully saturated rings. The van der Waals surface area contributed by atoms with Crippen molar-refractivity contribution < 1.29 is 42.2 Å². The van der Waals surface area contributed by atoms with E-state index < -0.39 is 46.8 Å². The summed E-state index contributed by atoms with van der Waals surface area (Å²) in [6.45, 7) is 0.0965. The van der Waals surface area contributed by atoms with E-state index in [0.717, 1.165) is 19.2 Å². The molecule has 8 nitrogen and oxygen atoms in total. The number of carbonyl (C=O) groups is 4. The third kappa shape index (κ3) is 6.60. The van der Waals surface area contributed by atoms with Crippen LogP contribution in [0, 0.1) is 10.9 Å². The number of nitrogens with zero attached hydrogens (tertiary/aromatic N) is 1. The number of ether oxygens (including phenoxy) is 3. The predicted molar refractivity (Wildman–Crippen MR) is 132 cm³/mol. The molecule has 1 aliphatic rings. The van der Waals surface area contributed by atoms with Crippen molar-refractivity contribution in [2.24, 2.45) is 0 Å². The lowest BCUT2D eigenvalue weighted by Gasteiger charge is -2.25. The summed E-state index contributed by atoms with van der Waals surface area (Å²) in [6, 6.07) is 4.52. The Hall–Kier alpha value is -3.15. The van der Waals surface area contributed by atoms with Gasteiger partial charge < -0.3 is 14.2 Å². The van der Waals surface area contributed by atoms with E-state index in [1.54, 1.807) is 0 Å². The predicted octanol–water partition coefficient (Wildman–Crippen LogP) is 4.63. The molecule has 3 rings (SSSR count). The first-order chi connectivity index (χ1) is 17.7. The van der Waals surface area contributed by atoms with Crippen molar-refractivity contribution in [2.45, 2.75) is 32.1 Å². The molecular weight excluding hydrogens is 532 g/mol. The van der Waals surface area contributed by atoms with Gasteiger partial charge in [0, 0.05) is 28.7 Å². The van der Waals surface area contributed by atoms with Crippen LogP contribution in [0.4, 0.5) is 14.5 Å². The molecule has 1 aromatic carbocycles. The quantitative estimate of drug-likeness (QED) is 0.253. The zero-order valence-corrected chi connectivity index (χ0v) is 21.7. The molecule has 1 heterocycles. The normalized spacial score (nSPS) is 13.3. The minimum Gasteiger partial charge on any atom is -0.469 e. The van der Waals surface area contributed by atoms with E-state index in [2.05, 4.69) is 4.74 Å². The highest BCUT2D eigenvalue weighted by molar-refractivity contribution is 7.11. The molecule has 0 saturated heterocycles. The molecule has 1 aliphatic carbocycles. The molecule has 0 unspecified atom stereocenters. The highest BCUT2D eigenvalue weighted by atomic mass is 35.5. The maximum Gasteiger partial charge on any atom is 0.334 e. The Morgan fingerprint density at radius 1 is 1.03 bits per heavy atom. The van der Waals surface area contributed by atoms with Crippen molar-refractivity contribution in [3.05, 3.63) is 61.8 Å². The molecule has 198 valence electrons. The third-order valence-electron chi connectivity index (χ3n) is 5.58. The first-order valence-corrected chi connectivity index (χ1v) is 12.4. The van der Waals surface area contributed by atoms with Gasteiger partial charge in [-0.25, -0.2) is 14.1 Å². The van der Waals surface area contributed by atoms with Crippen molar-refractivity contribution in [1.82, 2.24) is 0 Å². The second kappa shape index (κ2) is 12.9. The van der Waals surface area contributed by atoms with Gasteiger partial charge in [-0.15, -0.1) is 11.3 Å². The number of benzene rings is 1. The Morgan fingerprint density at radius 2 is 1.73 bits per heavy atom. The van der Waals surface area contributed by atoms with E-state index in [0.29, 0.717) is 29.1 Å². The molecule has 37 heavy (non-hydrogen) atoms. The highest BCUT2D eigenvalue weighted by Crippen LogP contribution is 2.41. The fourth-order valence-corrected chi connectivity index (χ4v) is 5.06. The van der Waals surface area contributed by atoms with Gasteiger partial charge in [-0.1, -0.05) is 17.7 Å². The van der Waals surface area contributed by atoms with Crippen LogP contribution in [0.15, 0.2) is 35.4 Å². The van der Waals surface area contributed by atoms with Crippen LogP contribution in [0.2, 0.25) is 5.02 Å². The van der Waals surface area contributed by atoms with Crippen LogP contribution in [-0.4, -0.2) is 51.2 Å². The topological polar surface area (TPSA) is 99.2 Å². The number of amides is 2. The minimum absolute atomic E-state index is 0.0303. The number of imide groups is 1. The van der Waals surface area contributed by atoms with Crippen molar-refractivity contribution in [2.75, 3.05) is 32.3 Å². The van der Waals surface area contributed by atoms with Gasteiger partial charge in [-0.3, -0.25) is 14.4 Å². The molecule has 0 atom stereocenters. The third-order valence-corrected chi connectivity index (χ3v) is 7.07. The van der Waals surface area contributed by atoms with Crippen LogP contribution in [0.25, 0.3) is 0 Å². The van der Waals surface area contributed by atoms with Gasteiger partial charge in [-0.2, -0.15) is 4.39 Å². The molecule has 0 saturated carbocycles. The molecular formula is C25H24ClF2NO7S. The Bertz CT molecular complexity index is 1240. The second-order valence-corrected chi connectivity index (χ2v) is 9.40. The van der Waals surface area contributed by atoms with Gasteiger partial charge in [0.1, 0.15) is 18.1 Å². The Kier molecular flexibility index (Phi) is 9.90. The standard InChI is InChI=1S/C25H24ClF2NO7S/c1-34-10-11-36-25(33)17-9-4-3-8-16(17)24(32)29(23(31)14-6-5-7-15(27)12-14)21-20(26)18(37-22(21)28)13-19(30)35-2/h5-7,12H,3-4,8-11,13H2,1-2H3. The Morgan fingerprint density at radius 3 is 2.38 bits per heavy atom. The number of rotatable bonds is 9. The molecule has 0 bridgehead atoms. The summed E-state index contributed by atoms with van der Waals surface area (Å²) in [4.78, 5) is 52.4. The molecule has 12 heteroatoms. The molecule has 0 radical (unpaired) electrons. The van der Waals surface area contributed by atoms with E-state index >= 15 is 4.39 Å². The molecule has 0 N–H and O–H groups in total. The van der Waals surface area contributed by atoms with Crippen LogP contribution >= 0.6 is 22.9 Å². The number of carbonyl (C=O) groups excluding carboxylic acids is 4. The monoisotopic (exact) mass is 555 g/mol. The lowest BCUT2D eigenvalue weighted by molar-refractivity contribution is -0.141.